The molecule has 0 saturated carbocycles. The van der Waals surface area contributed by atoms with E-state index in [1.165, 1.54) is 11.1 Å². The molecule has 1 aliphatic heterocycles. The average molecular weight is 283 g/mol. The van der Waals surface area contributed by atoms with Crippen molar-refractivity contribution in [1.29, 1.82) is 0 Å². The highest BCUT2D eigenvalue weighted by atomic mass is 16.5. The van der Waals surface area contributed by atoms with Crippen LogP contribution in [0.1, 0.15) is 23.6 Å². The number of methoxy groups -OCH3 is 1. The molecule has 3 heteroatoms. The van der Waals surface area contributed by atoms with Gasteiger partial charge < -0.3 is 15.2 Å². The standard InChI is InChI=1S/C18H21NO2/c1-18(19,12-13-3-6-16(20-2)7-4-13)15-5-8-17-14(11-15)9-10-21-17/h3-8,11H,9-10,12,19H2,1-2H3. The van der Waals surface area contributed by atoms with E-state index in [4.69, 9.17) is 15.2 Å². The van der Waals surface area contributed by atoms with Crippen molar-refractivity contribution in [3.8, 4) is 11.5 Å². The summed E-state index contributed by atoms with van der Waals surface area (Å²) >= 11 is 0. The topological polar surface area (TPSA) is 44.5 Å². The van der Waals surface area contributed by atoms with Crippen LogP contribution < -0.4 is 15.2 Å². The van der Waals surface area contributed by atoms with Crippen molar-refractivity contribution in [3.63, 3.8) is 0 Å². The molecule has 0 bridgehead atoms. The van der Waals surface area contributed by atoms with Gasteiger partial charge >= 0.3 is 0 Å². The Bertz CT molecular complexity index is 632. The van der Waals surface area contributed by atoms with Crippen LogP contribution in [0.2, 0.25) is 0 Å². The maximum atomic E-state index is 6.56. The monoisotopic (exact) mass is 283 g/mol. The zero-order chi connectivity index (χ0) is 14.9. The van der Waals surface area contributed by atoms with Crippen molar-refractivity contribution in [2.75, 3.05) is 13.7 Å². The molecule has 0 radical (unpaired) electrons. The summed E-state index contributed by atoms with van der Waals surface area (Å²) in [6.45, 7) is 2.85. The highest BCUT2D eigenvalue weighted by Crippen LogP contribution is 2.31. The van der Waals surface area contributed by atoms with Gasteiger partial charge in [0, 0.05) is 12.0 Å². The highest BCUT2D eigenvalue weighted by molar-refractivity contribution is 5.42. The van der Waals surface area contributed by atoms with E-state index in [9.17, 15) is 0 Å². The molecule has 1 aliphatic rings. The third-order valence-electron chi connectivity index (χ3n) is 4.08. The lowest BCUT2D eigenvalue weighted by molar-refractivity contribution is 0.356. The first kappa shape index (κ1) is 14.0. The van der Waals surface area contributed by atoms with Crippen molar-refractivity contribution in [3.05, 3.63) is 59.2 Å². The van der Waals surface area contributed by atoms with Gasteiger partial charge in [0.1, 0.15) is 11.5 Å². The summed E-state index contributed by atoms with van der Waals surface area (Å²) in [6, 6.07) is 14.4. The zero-order valence-corrected chi connectivity index (χ0v) is 12.6. The van der Waals surface area contributed by atoms with E-state index >= 15 is 0 Å². The Morgan fingerprint density at radius 2 is 1.95 bits per heavy atom. The number of ether oxygens (including phenoxy) is 2. The summed E-state index contributed by atoms with van der Waals surface area (Å²) < 4.78 is 10.7. The molecule has 0 amide bonds. The fourth-order valence-corrected chi connectivity index (χ4v) is 2.81. The molecule has 0 spiro atoms. The molecule has 2 N–H and O–H groups in total. The Kier molecular flexibility index (Phi) is 3.60. The maximum Gasteiger partial charge on any atom is 0.122 e. The zero-order valence-electron chi connectivity index (χ0n) is 12.6. The van der Waals surface area contributed by atoms with Crippen LogP contribution in [-0.2, 0) is 18.4 Å². The Balaban J connectivity index is 1.82. The minimum Gasteiger partial charge on any atom is -0.497 e. The molecule has 2 aromatic rings. The van der Waals surface area contributed by atoms with Gasteiger partial charge in [0.2, 0.25) is 0 Å². The second-order valence-electron chi connectivity index (χ2n) is 5.86. The molecule has 0 saturated heterocycles. The van der Waals surface area contributed by atoms with Crippen LogP contribution in [0.3, 0.4) is 0 Å². The smallest absolute Gasteiger partial charge is 0.122 e. The molecule has 3 rings (SSSR count). The molecule has 0 aromatic heterocycles. The fourth-order valence-electron chi connectivity index (χ4n) is 2.81. The predicted octanol–water partition coefficient (Wildman–Crippen LogP) is 3.05. The van der Waals surface area contributed by atoms with Crippen molar-refractivity contribution >= 4 is 0 Å². The number of fused-ring (bicyclic) bond motifs is 1. The lowest BCUT2D eigenvalue weighted by atomic mass is 9.85. The minimum atomic E-state index is -0.397. The van der Waals surface area contributed by atoms with E-state index in [0.29, 0.717) is 0 Å². The van der Waals surface area contributed by atoms with Crippen LogP contribution in [0, 0.1) is 0 Å². The van der Waals surface area contributed by atoms with Crippen LogP contribution in [0.4, 0.5) is 0 Å². The van der Waals surface area contributed by atoms with Crippen molar-refractivity contribution in [2.24, 2.45) is 5.73 Å². The summed E-state index contributed by atoms with van der Waals surface area (Å²) in [4.78, 5) is 0. The van der Waals surface area contributed by atoms with Crippen LogP contribution in [0.25, 0.3) is 0 Å². The lowest BCUT2D eigenvalue weighted by Crippen LogP contribution is -2.35. The van der Waals surface area contributed by atoms with Gasteiger partial charge in [-0.2, -0.15) is 0 Å². The first-order valence-electron chi connectivity index (χ1n) is 7.26. The molecule has 1 heterocycles. The first-order chi connectivity index (χ1) is 10.1. The molecule has 0 fully saturated rings. The molecule has 0 aliphatic carbocycles. The van der Waals surface area contributed by atoms with E-state index in [1.807, 2.05) is 18.2 Å². The van der Waals surface area contributed by atoms with Gasteiger partial charge in [-0.25, -0.2) is 0 Å². The second kappa shape index (κ2) is 5.41. The lowest BCUT2D eigenvalue weighted by Gasteiger charge is -2.26. The predicted molar refractivity (Wildman–Crippen MR) is 83.9 cm³/mol. The maximum absolute atomic E-state index is 6.56. The molecule has 21 heavy (non-hydrogen) atoms. The number of hydrogen-bond donors (Lipinski definition) is 1. The summed E-state index contributed by atoms with van der Waals surface area (Å²) in [5, 5.41) is 0. The van der Waals surface area contributed by atoms with E-state index in [2.05, 4.69) is 31.2 Å². The Morgan fingerprint density at radius 3 is 2.67 bits per heavy atom. The van der Waals surface area contributed by atoms with Gasteiger partial charge in [0.25, 0.3) is 0 Å². The molecule has 1 atom stereocenters. The van der Waals surface area contributed by atoms with Crippen molar-refractivity contribution in [2.45, 2.75) is 25.3 Å². The third kappa shape index (κ3) is 2.88. The number of nitrogens with two attached hydrogens (primary N) is 1. The number of rotatable bonds is 4. The SMILES string of the molecule is COc1ccc(CC(C)(N)c2ccc3c(c2)CCO3)cc1. The summed E-state index contributed by atoms with van der Waals surface area (Å²) in [5.74, 6) is 1.87. The van der Waals surface area contributed by atoms with Gasteiger partial charge in [-0.3, -0.25) is 0 Å². The largest absolute Gasteiger partial charge is 0.497 e. The van der Waals surface area contributed by atoms with Crippen molar-refractivity contribution < 1.29 is 9.47 Å². The van der Waals surface area contributed by atoms with Gasteiger partial charge in [0.15, 0.2) is 0 Å². The van der Waals surface area contributed by atoms with Crippen LogP contribution in [0.5, 0.6) is 11.5 Å². The summed E-state index contributed by atoms with van der Waals surface area (Å²) in [6.07, 6.45) is 1.76. The Hall–Kier alpha value is -2.00. The Labute approximate surface area is 125 Å². The summed E-state index contributed by atoms with van der Waals surface area (Å²) in [7, 11) is 1.68. The first-order valence-corrected chi connectivity index (χ1v) is 7.26. The average Bonchev–Trinajstić information content (AvgIpc) is 2.95. The van der Waals surface area contributed by atoms with Gasteiger partial charge in [0.05, 0.1) is 13.7 Å². The van der Waals surface area contributed by atoms with E-state index in [-0.39, 0.29) is 0 Å². The van der Waals surface area contributed by atoms with Crippen LogP contribution >= 0.6 is 0 Å². The highest BCUT2D eigenvalue weighted by Gasteiger charge is 2.24. The molecule has 3 nitrogen and oxygen atoms in total. The Morgan fingerprint density at radius 1 is 1.19 bits per heavy atom. The van der Waals surface area contributed by atoms with Gasteiger partial charge in [-0.05, 0) is 48.2 Å². The van der Waals surface area contributed by atoms with Crippen molar-refractivity contribution in [1.82, 2.24) is 0 Å². The van der Waals surface area contributed by atoms with Crippen LogP contribution in [-0.4, -0.2) is 13.7 Å². The number of hydrogen-bond acceptors (Lipinski definition) is 3. The van der Waals surface area contributed by atoms with Gasteiger partial charge in [-0.15, -0.1) is 0 Å². The fraction of sp³-hybridized carbons (Fsp3) is 0.333. The third-order valence-corrected chi connectivity index (χ3v) is 4.08. The number of benzene rings is 2. The normalized spacial score (nSPS) is 16.0. The molecule has 1 unspecified atom stereocenters. The molecule has 110 valence electrons. The minimum absolute atomic E-state index is 0.397. The van der Waals surface area contributed by atoms with Crippen LogP contribution in [0.15, 0.2) is 42.5 Å². The molecule has 2 aromatic carbocycles. The van der Waals surface area contributed by atoms with E-state index in [1.54, 1.807) is 7.11 Å². The van der Waals surface area contributed by atoms with E-state index < -0.39 is 5.54 Å². The quantitative estimate of drug-likeness (QED) is 0.938. The van der Waals surface area contributed by atoms with Gasteiger partial charge in [-0.1, -0.05) is 24.3 Å². The molecular formula is C18H21NO2. The molecular weight excluding hydrogens is 262 g/mol. The van der Waals surface area contributed by atoms with E-state index in [0.717, 1.165) is 36.5 Å². The summed E-state index contributed by atoms with van der Waals surface area (Å²) in [5.41, 5.74) is 9.79. The second-order valence-corrected chi connectivity index (χ2v) is 5.86.